The van der Waals surface area contributed by atoms with E-state index in [-0.39, 0.29) is 5.82 Å². The van der Waals surface area contributed by atoms with E-state index >= 15 is 0 Å². The van der Waals surface area contributed by atoms with E-state index in [1.807, 2.05) is 34.9 Å². The molecule has 2 heterocycles. The maximum absolute atomic E-state index is 13.3. The summed E-state index contributed by atoms with van der Waals surface area (Å²) in [6, 6.07) is 16.0. The lowest BCUT2D eigenvalue weighted by Crippen LogP contribution is -1.99. The summed E-state index contributed by atoms with van der Waals surface area (Å²) < 4.78 is 20.4. The Labute approximate surface area is 153 Å². The van der Waals surface area contributed by atoms with Crippen LogP contribution in [0.1, 0.15) is 11.7 Å². The molecule has 0 radical (unpaired) electrons. The van der Waals surface area contributed by atoms with Crippen molar-refractivity contribution in [1.82, 2.24) is 24.9 Å². The lowest BCUT2D eigenvalue weighted by atomic mass is 10.2. The van der Waals surface area contributed by atoms with Crippen molar-refractivity contribution < 1.29 is 8.91 Å². The molecule has 0 amide bonds. The Morgan fingerprint density at radius 3 is 2.50 bits per heavy atom. The quantitative estimate of drug-likeness (QED) is 0.496. The standard InChI is InChI=1S/C18H14FN5OS/c1-12-20-16(25-23-12)11-26-18-22-21-17(13-7-9-14(19)10-8-13)24(18)15-5-3-2-4-6-15/h2-10H,11H2,1H3. The summed E-state index contributed by atoms with van der Waals surface area (Å²) in [7, 11) is 0. The number of rotatable bonds is 5. The molecule has 4 rings (SSSR count). The second kappa shape index (κ2) is 7.09. The minimum absolute atomic E-state index is 0.291. The van der Waals surface area contributed by atoms with Crippen LogP contribution in [0.3, 0.4) is 0 Å². The Morgan fingerprint density at radius 2 is 1.81 bits per heavy atom. The van der Waals surface area contributed by atoms with Crippen molar-refractivity contribution in [2.24, 2.45) is 0 Å². The van der Waals surface area contributed by atoms with E-state index < -0.39 is 0 Å². The second-order valence-corrected chi connectivity index (χ2v) is 6.45. The summed E-state index contributed by atoms with van der Waals surface area (Å²) in [5.41, 5.74) is 1.70. The SMILES string of the molecule is Cc1noc(CSc2nnc(-c3ccc(F)cc3)n2-c2ccccc2)n1. The largest absolute Gasteiger partial charge is 0.338 e. The molecule has 0 aliphatic rings. The first-order valence-corrected chi connectivity index (χ1v) is 8.88. The Bertz CT molecular complexity index is 1010. The highest BCUT2D eigenvalue weighted by Gasteiger charge is 2.17. The van der Waals surface area contributed by atoms with E-state index in [0.717, 1.165) is 11.3 Å². The molecule has 0 spiro atoms. The van der Waals surface area contributed by atoms with Crippen molar-refractivity contribution >= 4 is 11.8 Å². The van der Waals surface area contributed by atoms with Crippen LogP contribution in [-0.2, 0) is 5.75 Å². The molecule has 0 aliphatic heterocycles. The predicted molar refractivity (Wildman–Crippen MR) is 95.3 cm³/mol. The van der Waals surface area contributed by atoms with Crippen LogP contribution >= 0.6 is 11.8 Å². The fourth-order valence-electron chi connectivity index (χ4n) is 2.48. The minimum Gasteiger partial charge on any atom is -0.338 e. The number of nitrogens with zero attached hydrogens (tertiary/aromatic N) is 5. The molecular weight excluding hydrogens is 353 g/mol. The van der Waals surface area contributed by atoms with Crippen LogP contribution in [0.2, 0.25) is 0 Å². The lowest BCUT2D eigenvalue weighted by Gasteiger charge is -2.09. The highest BCUT2D eigenvalue weighted by molar-refractivity contribution is 7.98. The highest BCUT2D eigenvalue weighted by Crippen LogP contribution is 2.29. The lowest BCUT2D eigenvalue weighted by molar-refractivity contribution is 0.387. The van der Waals surface area contributed by atoms with Crippen LogP contribution in [0, 0.1) is 12.7 Å². The van der Waals surface area contributed by atoms with Crippen molar-refractivity contribution in [2.45, 2.75) is 17.8 Å². The van der Waals surface area contributed by atoms with Gasteiger partial charge in [-0.3, -0.25) is 4.57 Å². The van der Waals surface area contributed by atoms with Gasteiger partial charge in [0.2, 0.25) is 5.89 Å². The van der Waals surface area contributed by atoms with E-state index in [4.69, 9.17) is 4.52 Å². The van der Waals surface area contributed by atoms with E-state index in [0.29, 0.717) is 28.4 Å². The van der Waals surface area contributed by atoms with Crippen molar-refractivity contribution in [3.05, 3.63) is 72.1 Å². The van der Waals surface area contributed by atoms with Crippen LogP contribution < -0.4 is 0 Å². The Hall–Kier alpha value is -3.00. The van der Waals surface area contributed by atoms with Crippen LogP contribution in [0.15, 0.2) is 64.3 Å². The number of aryl methyl sites for hydroxylation is 1. The third-order valence-corrected chi connectivity index (χ3v) is 4.56. The van der Waals surface area contributed by atoms with Crippen LogP contribution in [0.4, 0.5) is 4.39 Å². The third kappa shape index (κ3) is 3.36. The zero-order chi connectivity index (χ0) is 17.9. The third-order valence-electron chi connectivity index (χ3n) is 3.64. The van der Waals surface area contributed by atoms with Gasteiger partial charge in [0.15, 0.2) is 16.8 Å². The first kappa shape index (κ1) is 16.5. The number of hydrogen-bond acceptors (Lipinski definition) is 6. The number of thioether (sulfide) groups is 1. The number of para-hydroxylation sites is 1. The molecule has 6 nitrogen and oxygen atoms in total. The fraction of sp³-hybridized carbons (Fsp3) is 0.111. The summed E-state index contributed by atoms with van der Waals surface area (Å²) in [5.74, 6) is 1.95. The molecule has 0 bridgehead atoms. The van der Waals surface area contributed by atoms with Gasteiger partial charge < -0.3 is 4.52 Å². The summed E-state index contributed by atoms with van der Waals surface area (Å²) in [6.45, 7) is 1.77. The van der Waals surface area contributed by atoms with Crippen molar-refractivity contribution in [1.29, 1.82) is 0 Å². The van der Waals surface area contributed by atoms with E-state index in [1.54, 1.807) is 19.1 Å². The fourth-order valence-corrected chi connectivity index (χ4v) is 3.27. The first-order chi connectivity index (χ1) is 12.7. The van der Waals surface area contributed by atoms with Crippen LogP contribution in [0.5, 0.6) is 0 Å². The molecule has 130 valence electrons. The smallest absolute Gasteiger partial charge is 0.237 e. The molecule has 0 saturated carbocycles. The molecule has 2 aromatic heterocycles. The molecule has 0 atom stereocenters. The Balaban J connectivity index is 1.73. The van der Waals surface area contributed by atoms with E-state index in [9.17, 15) is 4.39 Å². The topological polar surface area (TPSA) is 69.6 Å². The van der Waals surface area contributed by atoms with E-state index in [2.05, 4.69) is 20.3 Å². The summed E-state index contributed by atoms with van der Waals surface area (Å²) >= 11 is 1.45. The van der Waals surface area contributed by atoms with Crippen molar-refractivity contribution in [3.8, 4) is 17.1 Å². The van der Waals surface area contributed by atoms with Gasteiger partial charge in [0.25, 0.3) is 0 Å². The molecule has 26 heavy (non-hydrogen) atoms. The van der Waals surface area contributed by atoms with Gasteiger partial charge in [0.05, 0.1) is 5.75 Å². The number of hydrogen-bond donors (Lipinski definition) is 0. The van der Waals surface area contributed by atoms with E-state index in [1.165, 1.54) is 23.9 Å². The minimum atomic E-state index is -0.291. The average Bonchev–Trinajstić information content (AvgIpc) is 3.27. The van der Waals surface area contributed by atoms with Crippen molar-refractivity contribution in [3.63, 3.8) is 0 Å². The summed E-state index contributed by atoms with van der Waals surface area (Å²) in [4.78, 5) is 4.21. The maximum Gasteiger partial charge on any atom is 0.237 e. The number of halogens is 1. The van der Waals surface area contributed by atoms with Gasteiger partial charge in [-0.05, 0) is 43.3 Å². The van der Waals surface area contributed by atoms with Gasteiger partial charge in [0.1, 0.15) is 5.82 Å². The summed E-state index contributed by atoms with van der Waals surface area (Å²) in [5, 5.41) is 13.1. The maximum atomic E-state index is 13.3. The van der Waals surface area contributed by atoms with Crippen molar-refractivity contribution in [2.75, 3.05) is 0 Å². The molecule has 0 fully saturated rings. The van der Waals surface area contributed by atoms with Gasteiger partial charge >= 0.3 is 0 Å². The van der Waals surface area contributed by atoms with Gasteiger partial charge in [-0.1, -0.05) is 35.1 Å². The predicted octanol–water partition coefficient (Wildman–Crippen LogP) is 4.06. The normalized spacial score (nSPS) is 11.0. The molecule has 4 aromatic rings. The van der Waals surface area contributed by atoms with Crippen LogP contribution in [-0.4, -0.2) is 24.9 Å². The molecule has 8 heteroatoms. The zero-order valence-corrected chi connectivity index (χ0v) is 14.7. The molecule has 2 aromatic carbocycles. The monoisotopic (exact) mass is 367 g/mol. The highest BCUT2D eigenvalue weighted by atomic mass is 32.2. The molecule has 0 saturated heterocycles. The van der Waals surface area contributed by atoms with Crippen LogP contribution in [0.25, 0.3) is 17.1 Å². The number of aromatic nitrogens is 5. The number of benzene rings is 2. The average molecular weight is 367 g/mol. The Kier molecular flexibility index (Phi) is 4.49. The molecule has 0 N–H and O–H groups in total. The zero-order valence-electron chi connectivity index (χ0n) is 13.8. The summed E-state index contributed by atoms with van der Waals surface area (Å²) in [6.07, 6.45) is 0. The molecule has 0 unspecified atom stereocenters. The Morgan fingerprint density at radius 1 is 1.04 bits per heavy atom. The van der Waals surface area contributed by atoms with Gasteiger partial charge in [-0.2, -0.15) is 4.98 Å². The second-order valence-electron chi connectivity index (χ2n) is 5.51. The van der Waals surface area contributed by atoms with Gasteiger partial charge in [0, 0.05) is 11.3 Å². The van der Waals surface area contributed by atoms with Gasteiger partial charge in [-0.15, -0.1) is 10.2 Å². The first-order valence-electron chi connectivity index (χ1n) is 7.89. The molecular formula is C18H14FN5OS. The molecule has 0 aliphatic carbocycles. The van der Waals surface area contributed by atoms with Gasteiger partial charge in [-0.25, -0.2) is 4.39 Å².